The minimum absolute atomic E-state index is 0.0604. The third-order valence-electron chi connectivity index (χ3n) is 5.46. The average molecular weight is 393 g/mol. The summed E-state index contributed by atoms with van der Waals surface area (Å²) in [6.07, 6.45) is 3.45. The van der Waals surface area contributed by atoms with Gasteiger partial charge in [0.25, 0.3) is 0 Å². The van der Waals surface area contributed by atoms with Gasteiger partial charge in [0.1, 0.15) is 0 Å². The third-order valence-corrected chi connectivity index (χ3v) is 5.79. The molecule has 0 spiro atoms. The zero-order chi connectivity index (χ0) is 19.2. The number of hydrogen-bond acceptors (Lipinski definition) is 4. The van der Waals surface area contributed by atoms with Crippen LogP contribution >= 0.6 is 11.6 Å². The lowest BCUT2D eigenvalue weighted by atomic mass is 10.0. The molecule has 3 rings (SSSR count). The van der Waals surface area contributed by atoms with Gasteiger partial charge < -0.3 is 10.2 Å². The lowest BCUT2D eigenvalue weighted by Gasteiger charge is -2.37. The molecule has 0 aromatic heterocycles. The normalized spacial score (nSPS) is 21.9. The highest BCUT2D eigenvalue weighted by Gasteiger charge is 2.26. The number of halogens is 1. The quantitative estimate of drug-likeness (QED) is 0.835. The van der Waals surface area contributed by atoms with Gasteiger partial charge in [-0.15, -0.1) is 0 Å². The molecule has 0 aliphatic carbocycles. The van der Waals surface area contributed by atoms with Crippen molar-refractivity contribution in [1.82, 2.24) is 14.7 Å². The van der Waals surface area contributed by atoms with Crippen LogP contribution in [0.25, 0.3) is 0 Å². The minimum Gasteiger partial charge on any atom is -0.339 e. The predicted molar refractivity (Wildman–Crippen MR) is 108 cm³/mol. The smallest absolute Gasteiger partial charge is 0.238 e. The molecule has 148 valence electrons. The molecular formula is C20H29ClN4O2. The van der Waals surface area contributed by atoms with Crippen molar-refractivity contribution < 1.29 is 9.59 Å². The summed E-state index contributed by atoms with van der Waals surface area (Å²) < 4.78 is 0. The molecule has 2 heterocycles. The monoisotopic (exact) mass is 392 g/mol. The first kappa shape index (κ1) is 20.1. The SMILES string of the molecule is C[C@H]1CCCCN1C(=O)CN1CCN(CC(=O)Nc2ccccc2Cl)CC1. The minimum atomic E-state index is -0.0604. The van der Waals surface area contributed by atoms with Crippen LogP contribution in [0, 0.1) is 0 Å². The van der Waals surface area contributed by atoms with Crippen LogP contribution in [0.3, 0.4) is 0 Å². The first-order chi connectivity index (χ1) is 13.0. The molecular weight excluding hydrogens is 364 g/mol. The number of anilines is 1. The number of amides is 2. The summed E-state index contributed by atoms with van der Waals surface area (Å²) in [6.45, 7) is 7.08. The van der Waals surface area contributed by atoms with Gasteiger partial charge in [0.2, 0.25) is 11.8 Å². The summed E-state index contributed by atoms with van der Waals surface area (Å²) in [7, 11) is 0. The molecule has 1 aromatic rings. The van der Waals surface area contributed by atoms with E-state index in [2.05, 4.69) is 22.0 Å². The summed E-state index contributed by atoms with van der Waals surface area (Å²) in [5.74, 6) is 0.182. The van der Waals surface area contributed by atoms with Crippen LogP contribution in [-0.2, 0) is 9.59 Å². The Morgan fingerprint density at radius 2 is 1.70 bits per heavy atom. The van der Waals surface area contributed by atoms with Crippen molar-refractivity contribution in [1.29, 1.82) is 0 Å². The Morgan fingerprint density at radius 1 is 1.04 bits per heavy atom. The van der Waals surface area contributed by atoms with Gasteiger partial charge in [0.05, 0.1) is 23.8 Å². The first-order valence-corrected chi connectivity index (χ1v) is 10.2. The number of rotatable bonds is 5. The molecule has 0 bridgehead atoms. The lowest BCUT2D eigenvalue weighted by Crippen LogP contribution is -2.53. The standard InChI is InChI=1S/C20H29ClN4O2/c1-16-6-4-5-9-25(16)20(27)15-24-12-10-23(11-13-24)14-19(26)22-18-8-3-2-7-17(18)21/h2-3,7-8,16H,4-6,9-15H2,1H3,(H,22,26)/t16-/m0/s1. The van der Waals surface area contributed by atoms with Gasteiger partial charge in [0, 0.05) is 38.8 Å². The van der Waals surface area contributed by atoms with Crippen molar-refractivity contribution in [2.45, 2.75) is 32.2 Å². The van der Waals surface area contributed by atoms with Crippen molar-refractivity contribution in [2.24, 2.45) is 0 Å². The van der Waals surface area contributed by atoms with Gasteiger partial charge in [-0.25, -0.2) is 0 Å². The average Bonchev–Trinajstić information content (AvgIpc) is 2.65. The highest BCUT2D eigenvalue weighted by atomic mass is 35.5. The molecule has 0 unspecified atom stereocenters. The second-order valence-corrected chi connectivity index (χ2v) is 7.92. The van der Waals surface area contributed by atoms with E-state index in [1.807, 2.05) is 17.0 Å². The van der Waals surface area contributed by atoms with Gasteiger partial charge in [-0.1, -0.05) is 23.7 Å². The van der Waals surface area contributed by atoms with Gasteiger partial charge >= 0.3 is 0 Å². The van der Waals surface area contributed by atoms with Crippen molar-refractivity contribution >= 4 is 29.1 Å². The second-order valence-electron chi connectivity index (χ2n) is 7.51. The van der Waals surface area contributed by atoms with Crippen molar-refractivity contribution in [3.63, 3.8) is 0 Å². The van der Waals surface area contributed by atoms with Crippen molar-refractivity contribution in [2.75, 3.05) is 51.1 Å². The Balaban J connectivity index is 1.40. The molecule has 2 amide bonds. The van der Waals surface area contributed by atoms with Crippen molar-refractivity contribution in [3.8, 4) is 0 Å². The van der Waals surface area contributed by atoms with E-state index in [0.29, 0.717) is 29.8 Å². The lowest BCUT2D eigenvalue weighted by molar-refractivity contribution is -0.136. The maximum atomic E-state index is 12.6. The molecule has 1 aromatic carbocycles. The number of nitrogens with zero attached hydrogens (tertiary/aromatic N) is 3. The molecule has 0 saturated carbocycles. The molecule has 1 atom stereocenters. The van der Waals surface area contributed by atoms with E-state index in [4.69, 9.17) is 11.6 Å². The van der Waals surface area contributed by atoms with E-state index in [9.17, 15) is 9.59 Å². The molecule has 7 heteroatoms. The van der Waals surface area contributed by atoms with Crippen LogP contribution in [-0.4, -0.2) is 78.4 Å². The summed E-state index contributed by atoms with van der Waals surface area (Å²) in [5, 5.41) is 3.40. The molecule has 2 fully saturated rings. The van der Waals surface area contributed by atoms with Crippen LogP contribution in [0.15, 0.2) is 24.3 Å². The Bertz CT molecular complexity index is 661. The van der Waals surface area contributed by atoms with Crippen LogP contribution in [0.2, 0.25) is 5.02 Å². The number of hydrogen-bond donors (Lipinski definition) is 1. The number of nitrogens with one attached hydrogen (secondary N) is 1. The number of para-hydroxylation sites is 1. The topological polar surface area (TPSA) is 55.9 Å². The van der Waals surface area contributed by atoms with E-state index >= 15 is 0 Å². The largest absolute Gasteiger partial charge is 0.339 e. The number of piperidine rings is 1. The van der Waals surface area contributed by atoms with E-state index in [0.717, 1.165) is 45.6 Å². The summed E-state index contributed by atoms with van der Waals surface area (Å²) in [4.78, 5) is 31.2. The van der Waals surface area contributed by atoms with E-state index in [1.54, 1.807) is 12.1 Å². The molecule has 6 nitrogen and oxygen atoms in total. The van der Waals surface area contributed by atoms with Crippen molar-refractivity contribution in [3.05, 3.63) is 29.3 Å². The fraction of sp³-hybridized carbons (Fsp3) is 0.600. The fourth-order valence-electron chi connectivity index (χ4n) is 3.81. The molecule has 2 aliphatic rings. The van der Waals surface area contributed by atoms with Gasteiger partial charge in [-0.05, 0) is 38.3 Å². The maximum absolute atomic E-state index is 12.6. The Labute approximate surface area is 166 Å². The Kier molecular flexibility index (Phi) is 7.10. The molecule has 27 heavy (non-hydrogen) atoms. The van der Waals surface area contributed by atoms with Crippen LogP contribution in [0.5, 0.6) is 0 Å². The number of likely N-dealkylation sites (tertiary alicyclic amines) is 1. The maximum Gasteiger partial charge on any atom is 0.238 e. The number of carbonyl (C=O) groups is 2. The molecule has 1 N–H and O–H groups in total. The number of benzene rings is 1. The summed E-state index contributed by atoms with van der Waals surface area (Å²) in [6, 6.07) is 7.60. The number of carbonyl (C=O) groups excluding carboxylic acids is 2. The predicted octanol–water partition coefficient (Wildman–Crippen LogP) is 2.30. The molecule has 0 radical (unpaired) electrons. The van der Waals surface area contributed by atoms with Gasteiger partial charge in [0.15, 0.2) is 0 Å². The van der Waals surface area contributed by atoms with E-state index in [1.165, 1.54) is 6.42 Å². The van der Waals surface area contributed by atoms with Crippen LogP contribution in [0.4, 0.5) is 5.69 Å². The highest BCUT2D eigenvalue weighted by Crippen LogP contribution is 2.20. The van der Waals surface area contributed by atoms with E-state index in [-0.39, 0.29) is 11.8 Å². The second kappa shape index (κ2) is 9.53. The Morgan fingerprint density at radius 3 is 2.37 bits per heavy atom. The number of piperazine rings is 1. The third kappa shape index (κ3) is 5.67. The van der Waals surface area contributed by atoms with Gasteiger partial charge in [-0.2, -0.15) is 0 Å². The van der Waals surface area contributed by atoms with Crippen LogP contribution in [0.1, 0.15) is 26.2 Å². The molecule has 2 saturated heterocycles. The van der Waals surface area contributed by atoms with Gasteiger partial charge in [-0.3, -0.25) is 19.4 Å². The van der Waals surface area contributed by atoms with E-state index < -0.39 is 0 Å². The molecule has 2 aliphatic heterocycles. The Hall–Kier alpha value is -1.63. The van der Waals surface area contributed by atoms with Crippen LogP contribution < -0.4 is 5.32 Å². The zero-order valence-corrected chi connectivity index (χ0v) is 16.7. The first-order valence-electron chi connectivity index (χ1n) is 9.81. The summed E-state index contributed by atoms with van der Waals surface area (Å²) >= 11 is 6.08. The highest BCUT2D eigenvalue weighted by molar-refractivity contribution is 6.33. The zero-order valence-electron chi connectivity index (χ0n) is 16.0. The fourth-order valence-corrected chi connectivity index (χ4v) is 3.99. The summed E-state index contributed by atoms with van der Waals surface area (Å²) in [5.41, 5.74) is 0.643.